The van der Waals surface area contributed by atoms with Gasteiger partial charge in [0.15, 0.2) is 4.90 Å². The second-order valence-corrected chi connectivity index (χ2v) is 11.7. The van der Waals surface area contributed by atoms with Gasteiger partial charge < -0.3 is 18.9 Å². The molecule has 2 atom stereocenters. The number of amides is 1. The number of esters is 1. The van der Waals surface area contributed by atoms with E-state index < -0.39 is 45.9 Å². The number of nitrogens with one attached hydrogen (secondary N) is 1. The largest absolute Gasteiger partial charge is 0.486 e. The highest BCUT2D eigenvalue weighted by atomic mass is 32.2. The van der Waals surface area contributed by atoms with Crippen LogP contribution in [0.25, 0.3) is 0 Å². The molecule has 3 rings (SSSR count). The number of carbonyl (C=O) groups is 2. The van der Waals surface area contributed by atoms with E-state index >= 15 is 0 Å². The lowest BCUT2D eigenvalue weighted by atomic mass is 10.0. The van der Waals surface area contributed by atoms with E-state index in [1.54, 1.807) is 27.8 Å². The third-order valence-corrected chi connectivity index (χ3v) is 8.38. The standard InChI is InChI=1S/C25H33F3N4O8S/c1-8-38-22(33)14(2)11-17-13-32(41(35,36)20-15(3)31(6)30-21(20)37-7)18-12-16(9-10-19(18)39-17)29-23(34)40-24(4,5)25(26,27)28/h9-10,12,14,17H,8,11,13H2,1-7H3,(H,29,34)/t14-,17+/m1/s1. The fourth-order valence-corrected chi connectivity index (χ4v) is 5.88. The first-order valence-electron chi connectivity index (χ1n) is 12.6. The molecule has 0 saturated carbocycles. The Kier molecular flexibility index (Phi) is 9.05. The van der Waals surface area contributed by atoms with Crippen LogP contribution >= 0.6 is 0 Å². The minimum Gasteiger partial charge on any atom is -0.486 e. The Morgan fingerprint density at radius 3 is 2.51 bits per heavy atom. The number of ether oxygens (including phenoxy) is 4. The van der Waals surface area contributed by atoms with Crippen molar-refractivity contribution in [2.75, 3.05) is 29.9 Å². The van der Waals surface area contributed by atoms with Gasteiger partial charge in [-0.3, -0.25) is 19.1 Å². The molecule has 0 aliphatic carbocycles. The zero-order chi connectivity index (χ0) is 30.9. The Balaban J connectivity index is 2.03. The average Bonchev–Trinajstić information content (AvgIpc) is 3.16. The van der Waals surface area contributed by atoms with Crippen LogP contribution < -0.4 is 19.1 Å². The van der Waals surface area contributed by atoms with Crippen molar-refractivity contribution in [2.45, 2.75) is 63.8 Å². The minimum atomic E-state index is -4.82. The number of rotatable bonds is 9. The number of halogens is 3. The summed E-state index contributed by atoms with van der Waals surface area (Å²) in [5.41, 5.74) is -2.56. The van der Waals surface area contributed by atoms with E-state index in [4.69, 9.17) is 14.2 Å². The van der Waals surface area contributed by atoms with Crippen molar-refractivity contribution in [2.24, 2.45) is 13.0 Å². The summed E-state index contributed by atoms with van der Waals surface area (Å²) >= 11 is 0. The molecular formula is C25H33F3N4O8S. The van der Waals surface area contributed by atoms with E-state index in [9.17, 15) is 31.2 Å². The van der Waals surface area contributed by atoms with Crippen molar-refractivity contribution in [1.82, 2.24) is 9.78 Å². The molecule has 0 saturated heterocycles. The van der Waals surface area contributed by atoms with Gasteiger partial charge in [0.25, 0.3) is 15.9 Å². The fourth-order valence-electron chi connectivity index (χ4n) is 4.05. The zero-order valence-corrected chi connectivity index (χ0v) is 24.5. The van der Waals surface area contributed by atoms with Crippen molar-refractivity contribution < 1.29 is 50.1 Å². The summed E-state index contributed by atoms with van der Waals surface area (Å²) in [6.07, 6.45) is -6.89. The first-order chi connectivity index (χ1) is 18.9. The quantitative estimate of drug-likeness (QED) is 0.417. The highest BCUT2D eigenvalue weighted by Gasteiger charge is 2.51. The zero-order valence-electron chi connectivity index (χ0n) is 23.7. The maximum Gasteiger partial charge on any atom is 0.427 e. The van der Waals surface area contributed by atoms with E-state index in [-0.39, 0.29) is 53.2 Å². The van der Waals surface area contributed by atoms with Gasteiger partial charge in [-0.1, -0.05) is 6.92 Å². The van der Waals surface area contributed by atoms with Crippen molar-refractivity contribution >= 4 is 33.5 Å². The summed E-state index contributed by atoms with van der Waals surface area (Å²) in [5, 5.41) is 6.30. The SMILES string of the molecule is CCOC(=O)[C@H](C)C[C@H]1CN(S(=O)(=O)c2c(OC)nn(C)c2C)c2cc(NC(=O)OC(C)(C)C(F)(F)F)ccc2O1. The predicted molar refractivity (Wildman–Crippen MR) is 141 cm³/mol. The van der Waals surface area contributed by atoms with E-state index in [1.165, 1.54) is 30.0 Å². The molecule has 228 valence electrons. The van der Waals surface area contributed by atoms with E-state index in [0.717, 1.165) is 4.31 Å². The van der Waals surface area contributed by atoms with Crippen LogP contribution in [0.4, 0.5) is 29.3 Å². The van der Waals surface area contributed by atoms with Crippen LogP contribution in [-0.2, 0) is 31.3 Å². The summed E-state index contributed by atoms with van der Waals surface area (Å²) in [6, 6.07) is 3.91. The third-order valence-electron chi connectivity index (χ3n) is 6.46. The molecule has 1 aliphatic rings. The lowest BCUT2D eigenvalue weighted by Crippen LogP contribution is -2.45. The lowest BCUT2D eigenvalue weighted by molar-refractivity contribution is -0.242. The number of aryl methyl sites for hydroxylation is 1. The van der Waals surface area contributed by atoms with Crippen LogP contribution in [0.3, 0.4) is 0 Å². The number of hydrogen-bond acceptors (Lipinski definition) is 9. The highest BCUT2D eigenvalue weighted by Crippen LogP contribution is 2.42. The van der Waals surface area contributed by atoms with Crippen LogP contribution in [0.15, 0.2) is 23.1 Å². The van der Waals surface area contributed by atoms with Crippen molar-refractivity contribution in [3.05, 3.63) is 23.9 Å². The summed E-state index contributed by atoms with van der Waals surface area (Å²) in [6.45, 7) is 6.17. The maximum atomic E-state index is 14.1. The molecule has 0 radical (unpaired) electrons. The number of nitrogens with zero attached hydrogens (tertiary/aromatic N) is 3. The third kappa shape index (κ3) is 6.63. The Morgan fingerprint density at radius 1 is 1.27 bits per heavy atom. The number of benzene rings is 1. The molecule has 1 aromatic carbocycles. The first-order valence-corrected chi connectivity index (χ1v) is 14.0. The van der Waals surface area contributed by atoms with Gasteiger partial charge in [0, 0.05) is 12.7 Å². The smallest absolute Gasteiger partial charge is 0.427 e. The van der Waals surface area contributed by atoms with Crippen LogP contribution in [0.1, 0.15) is 39.8 Å². The number of anilines is 2. The van der Waals surface area contributed by atoms with Crippen LogP contribution in [-0.4, -0.2) is 68.4 Å². The normalized spacial score (nSPS) is 16.3. The van der Waals surface area contributed by atoms with Gasteiger partial charge in [-0.2, -0.15) is 13.2 Å². The van der Waals surface area contributed by atoms with Gasteiger partial charge in [-0.25, -0.2) is 13.2 Å². The molecule has 0 bridgehead atoms. The van der Waals surface area contributed by atoms with Gasteiger partial charge in [0.2, 0.25) is 5.60 Å². The summed E-state index contributed by atoms with van der Waals surface area (Å²) < 4.78 is 90.9. The monoisotopic (exact) mass is 606 g/mol. The van der Waals surface area contributed by atoms with E-state index in [1.807, 2.05) is 0 Å². The van der Waals surface area contributed by atoms with E-state index in [0.29, 0.717) is 13.8 Å². The second-order valence-electron chi connectivity index (χ2n) is 9.92. The molecule has 0 fully saturated rings. The van der Waals surface area contributed by atoms with Crippen LogP contribution in [0, 0.1) is 12.8 Å². The molecule has 0 unspecified atom stereocenters. The van der Waals surface area contributed by atoms with Gasteiger partial charge in [0.1, 0.15) is 11.9 Å². The molecule has 2 aromatic rings. The molecule has 2 heterocycles. The number of aromatic nitrogens is 2. The Morgan fingerprint density at radius 2 is 1.93 bits per heavy atom. The average molecular weight is 607 g/mol. The second kappa shape index (κ2) is 11.7. The van der Waals surface area contributed by atoms with Gasteiger partial charge in [0.05, 0.1) is 37.6 Å². The predicted octanol–water partition coefficient (Wildman–Crippen LogP) is 4.17. The number of methoxy groups -OCH3 is 1. The molecule has 1 aliphatic heterocycles. The molecule has 16 heteroatoms. The summed E-state index contributed by atoms with van der Waals surface area (Å²) in [4.78, 5) is 24.3. The van der Waals surface area contributed by atoms with Crippen molar-refractivity contribution in [1.29, 1.82) is 0 Å². The number of sulfonamides is 1. The lowest BCUT2D eigenvalue weighted by Gasteiger charge is -2.36. The molecular weight excluding hydrogens is 573 g/mol. The topological polar surface area (TPSA) is 138 Å². The number of carbonyl (C=O) groups excluding carboxylic acids is 2. The number of hydrogen-bond donors (Lipinski definition) is 1. The minimum absolute atomic E-state index is 0.0109. The Labute approximate surface area is 235 Å². The molecule has 1 aromatic heterocycles. The molecule has 1 amide bonds. The summed E-state index contributed by atoms with van der Waals surface area (Å²) in [5.74, 6) is -1.15. The molecule has 12 nitrogen and oxygen atoms in total. The number of alkyl halides is 3. The van der Waals surface area contributed by atoms with Crippen molar-refractivity contribution in [3.8, 4) is 11.6 Å². The Hall–Kier alpha value is -3.69. The highest BCUT2D eigenvalue weighted by molar-refractivity contribution is 7.93. The van der Waals surface area contributed by atoms with Crippen molar-refractivity contribution in [3.63, 3.8) is 0 Å². The van der Waals surface area contributed by atoms with Crippen LogP contribution in [0.5, 0.6) is 11.6 Å². The van der Waals surface area contributed by atoms with Gasteiger partial charge >= 0.3 is 18.2 Å². The van der Waals surface area contributed by atoms with Gasteiger partial charge in [-0.15, -0.1) is 5.10 Å². The Bertz CT molecular complexity index is 1410. The van der Waals surface area contributed by atoms with E-state index in [2.05, 4.69) is 15.2 Å². The van der Waals surface area contributed by atoms with Crippen LogP contribution in [0.2, 0.25) is 0 Å². The molecule has 41 heavy (non-hydrogen) atoms. The maximum absolute atomic E-state index is 14.1. The summed E-state index contributed by atoms with van der Waals surface area (Å²) in [7, 11) is -1.57. The van der Waals surface area contributed by atoms with Gasteiger partial charge in [-0.05, 0) is 52.3 Å². The molecule has 0 spiro atoms. The fraction of sp³-hybridized carbons (Fsp3) is 0.560. The number of fused-ring (bicyclic) bond motifs is 1. The first kappa shape index (κ1) is 31.8. The molecule has 1 N–H and O–H groups in total.